The fourth-order valence-corrected chi connectivity index (χ4v) is 3.19. The van der Waals surface area contributed by atoms with Crippen LogP contribution < -0.4 is 15.5 Å². The summed E-state index contributed by atoms with van der Waals surface area (Å²) in [6, 6.07) is 14.7. The Balaban J connectivity index is 1.59. The van der Waals surface area contributed by atoms with Crippen LogP contribution in [0.2, 0.25) is 0 Å². The van der Waals surface area contributed by atoms with Crippen LogP contribution in [0.25, 0.3) is 0 Å². The van der Waals surface area contributed by atoms with Crippen molar-refractivity contribution in [1.29, 1.82) is 0 Å². The molecule has 0 spiro atoms. The minimum atomic E-state index is -0.391. The van der Waals surface area contributed by atoms with Crippen LogP contribution in [-0.2, 0) is 9.59 Å². The van der Waals surface area contributed by atoms with E-state index in [4.69, 9.17) is 0 Å². The number of benzene rings is 2. The number of nitrogens with one attached hydrogen (secondary N) is 2. The first-order valence-corrected chi connectivity index (χ1v) is 9.05. The number of nitrogens with zero attached hydrogens (tertiary/aromatic N) is 1. The Kier molecular flexibility index (Phi) is 5.38. The molecular weight excluding hydrogens is 382 g/mol. The molecule has 0 bridgehead atoms. The van der Waals surface area contributed by atoms with E-state index in [1.165, 1.54) is 0 Å². The lowest BCUT2D eigenvalue weighted by molar-refractivity contribution is -0.117. The molecule has 0 unspecified atom stereocenters. The molecule has 1 aliphatic heterocycles. The van der Waals surface area contributed by atoms with Crippen LogP contribution in [0.15, 0.2) is 53.0 Å². The van der Waals surface area contributed by atoms with Gasteiger partial charge in [-0.1, -0.05) is 22.0 Å². The number of carbonyl (C=O) groups excluding carboxylic acids is 2. The molecule has 130 valence electrons. The summed E-state index contributed by atoms with van der Waals surface area (Å²) < 4.78 is 0.915. The predicted molar refractivity (Wildman–Crippen MR) is 104 cm³/mol. The van der Waals surface area contributed by atoms with Crippen LogP contribution in [0.3, 0.4) is 0 Å². The van der Waals surface area contributed by atoms with Gasteiger partial charge in [0.05, 0.1) is 0 Å². The highest BCUT2D eigenvalue weighted by Crippen LogP contribution is 2.23. The van der Waals surface area contributed by atoms with Crippen LogP contribution >= 0.6 is 15.9 Å². The highest BCUT2D eigenvalue weighted by molar-refractivity contribution is 9.10. The van der Waals surface area contributed by atoms with Crippen LogP contribution in [0.4, 0.5) is 17.1 Å². The third-order valence-corrected chi connectivity index (χ3v) is 4.61. The largest absolute Gasteiger partial charge is 0.374 e. The van der Waals surface area contributed by atoms with E-state index in [1.807, 2.05) is 55.5 Å². The molecule has 2 amide bonds. The lowest BCUT2D eigenvalue weighted by atomic mass is 10.2. The maximum atomic E-state index is 12.3. The van der Waals surface area contributed by atoms with Gasteiger partial charge in [-0.25, -0.2) is 0 Å². The van der Waals surface area contributed by atoms with Crippen LogP contribution in [-0.4, -0.2) is 24.4 Å². The molecule has 2 aromatic carbocycles. The summed E-state index contributed by atoms with van der Waals surface area (Å²) in [7, 11) is 0. The molecule has 1 aliphatic rings. The summed E-state index contributed by atoms with van der Waals surface area (Å²) >= 11 is 3.39. The van der Waals surface area contributed by atoms with Gasteiger partial charge < -0.3 is 15.5 Å². The summed E-state index contributed by atoms with van der Waals surface area (Å²) in [4.78, 5) is 25.9. The van der Waals surface area contributed by atoms with E-state index in [2.05, 4.69) is 26.6 Å². The topological polar surface area (TPSA) is 61.4 Å². The van der Waals surface area contributed by atoms with Crippen LogP contribution in [0, 0.1) is 0 Å². The fraction of sp³-hybridized carbons (Fsp3) is 0.263. The standard InChI is InChI=1S/C19H20BrN3O2/c1-13(19(25)22-16-5-2-4-14(20)12-16)21-15-7-9-17(10-8-15)23-11-3-6-18(23)24/h2,4-5,7-10,12-13,21H,3,6,11H2,1H3,(H,22,25)/t13-/m0/s1. The molecule has 1 fully saturated rings. The second kappa shape index (κ2) is 7.70. The van der Waals surface area contributed by atoms with E-state index in [0.29, 0.717) is 6.42 Å². The van der Waals surface area contributed by atoms with Crippen LogP contribution in [0.5, 0.6) is 0 Å². The van der Waals surface area contributed by atoms with Crippen molar-refractivity contribution >= 4 is 44.8 Å². The van der Waals surface area contributed by atoms with Crippen molar-refractivity contribution in [2.75, 3.05) is 22.1 Å². The average molecular weight is 402 g/mol. The molecule has 0 aliphatic carbocycles. The van der Waals surface area contributed by atoms with Gasteiger partial charge in [-0.2, -0.15) is 0 Å². The molecule has 2 aromatic rings. The SMILES string of the molecule is C[C@H](Nc1ccc(N2CCCC2=O)cc1)C(=O)Nc1cccc(Br)c1. The molecular formula is C19H20BrN3O2. The first-order valence-electron chi connectivity index (χ1n) is 8.26. The number of halogens is 1. The Morgan fingerprint density at radius 3 is 2.56 bits per heavy atom. The first kappa shape index (κ1) is 17.5. The second-order valence-corrected chi connectivity index (χ2v) is 6.98. The lowest BCUT2D eigenvalue weighted by Gasteiger charge is -2.18. The zero-order valence-electron chi connectivity index (χ0n) is 14.0. The Morgan fingerprint density at radius 2 is 1.92 bits per heavy atom. The summed E-state index contributed by atoms with van der Waals surface area (Å²) in [5.74, 6) is 0.0550. The molecule has 0 radical (unpaired) electrons. The summed E-state index contributed by atoms with van der Waals surface area (Å²) in [5, 5.41) is 6.06. The smallest absolute Gasteiger partial charge is 0.246 e. The van der Waals surface area contributed by atoms with Gasteiger partial charge in [-0.15, -0.1) is 0 Å². The number of hydrogen-bond donors (Lipinski definition) is 2. The average Bonchev–Trinajstić information content (AvgIpc) is 3.01. The number of amides is 2. The van der Waals surface area contributed by atoms with Gasteiger partial charge in [0.25, 0.3) is 0 Å². The molecule has 2 N–H and O–H groups in total. The summed E-state index contributed by atoms with van der Waals surface area (Å²) in [6.07, 6.45) is 1.53. The van der Waals surface area contributed by atoms with Gasteiger partial charge in [-0.3, -0.25) is 9.59 Å². The molecule has 25 heavy (non-hydrogen) atoms. The highest BCUT2D eigenvalue weighted by atomic mass is 79.9. The van der Waals surface area contributed by atoms with E-state index in [-0.39, 0.29) is 11.8 Å². The molecule has 6 heteroatoms. The zero-order chi connectivity index (χ0) is 17.8. The monoisotopic (exact) mass is 401 g/mol. The van der Waals surface area contributed by atoms with Crippen molar-refractivity contribution in [3.05, 3.63) is 53.0 Å². The van der Waals surface area contributed by atoms with Crippen molar-refractivity contribution in [2.45, 2.75) is 25.8 Å². The molecule has 1 atom stereocenters. The van der Waals surface area contributed by atoms with Crippen molar-refractivity contribution in [1.82, 2.24) is 0 Å². The Morgan fingerprint density at radius 1 is 1.16 bits per heavy atom. The van der Waals surface area contributed by atoms with Crippen molar-refractivity contribution < 1.29 is 9.59 Å². The third kappa shape index (κ3) is 4.39. The summed E-state index contributed by atoms with van der Waals surface area (Å²) in [5.41, 5.74) is 2.49. The fourth-order valence-electron chi connectivity index (χ4n) is 2.79. The van der Waals surface area contributed by atoms with Gasteiger partial charge in [-0.05, 0) is 55.8 Å². The van der Waals surface area contributed by atoms with E-state index >= 15 is 0 Å². The van der Waals surface area contributed by atoms with Crippen molar-refractivity contribution in [3.63, 3.8) is 0 Å². The van der Waals surface area contributed by atoms with Crippen molar-refractivity contribution in [3.8, 4) is 0 Å². The molecule has 1 saturated heterocycles. The predicted octanol–water partition coefficient (Wildman–Crippen LogP) is 4.02. The van der Waals surface area contributed by atoms with Crippen LogP contribution in [0.1, 0.15) is 19.8 Å². The third-order valence-electron chi connectivity index (χ3n) is 4.12. The number of carbonyl (C=O) groups is 2. The molecule has 5 nitrogen and oxygen atoms in total. The number of hydrogen-bond acceptors (Lipinski definition) is 3. The summed E-state index contributed by atoms with van der Waals surface area (Å²) in [6.45, 7) is 2.59. The second-order valence-electron chi connectivity index (χ2n) is 6.06. The molecule has 1 heterocycles. The lowest BCUT2D eigenvalue weighted by Crippen LogP contribution is -2.31. The number of rotatable bonds is 5. The maximum Gasteiger partial charge on any atom is 0.246 e. The van der Waals surface area contributed by atoms with Gasteiger partial charge in [0, 0.05) is 34.5 Å². The molecule has 3 rings (SSSR count). The minimum absolute atomic E-state index is 0.114. The number of anilines is 3. The maximum absolute atomic E-state index is 12.3. The Labute approximate surface area is 155 Å². The van der Waals surface area contributed by atoms with E-state index in [1.54, 1.807) is 4.90 Å². The van der Waals surface area contributed by atoms with Gasteiger partial charge in [0.2, 0.25) is 11.8 Å². The minimum Gasteiger partial charge on any atom is -0.374 e. The Hall–Kier alpha value is -2.34. The normalized spacial score (nSPS) is 15.1. The van der Waals surface area contributed by atoms with Gasteiger partial charge in [0.15, 0.2) is 0 Å². The van der Waals surface area contributed by atoms with E-state index in [9.17, 15) is 9.59 Å². The highest BCUT2D eigenvalue weighted by Gasteiger charge is 2.21. The van der Waals surface area contributed by atoms with Gasteiger partial charge >= 0.3 is 0 Å². The quantitative estimate of drug-likeness (QED) is 0.795. The van der Waals surface area contributed by atoms with Crippen molar-refractivity contribution in [2.24, 2.45) is 0 Å². The molecule has 0 saturated carbocycles. The first-order chi connectivity index (χ1) is 12.0. The molecule has 0 aromatic heterocycles. The van der Waals surface area contributed by atoms with E-state index < -0.39 is 6.04 Å². The zero-order valence-corrected chi connectivity index (χ0v) is 15.5. The van der Waals surface area contributed by atoms with Gasteiger partial charge in [0.1, 0.15) is 6.04 Å². The Bertz CT molecular complexity index is 776. The van der Waals surface area contributed by atoms with E-state index in [0.717, 1.165) is 34.5 Å².